The van der Waals surface area contributed by atoms with Gasteiger partial charge in [-0.05, 0) is 0 Å². The molecular weight excluding hydrogens is 341 g/mol. The van der Waals surface area contributed by atoms with Crippen LogP contribution >= 0.6 is 11.8 Å². The molecule has 0 heterocycles. The Labute approximate surface area is 122 Å². The molecule has 0 amide bonds. The van der Waals surface area contributed by atoms with Crippen molar-refractivity contribution in [2.24, 2.45) is 5.73 Å². The molecule has 0 aliphatic rings. The fraction of sp³-hybridized carbons (Fsp3) is 1.00. The molecule has 0 aromatic carbocycles. The van der Waals surface area contributed by atoms with Crippen LogP contribution in [0.25, 0.3) is 0 Å². The molecule has 0 spiro atoms. The number of rotatable bonds is 7. The quantitative estimate of drug-likeness (QED) is 0.529. The summed E-state index contributed by atoms with van der Waals surface area (Å²) in [7, 11) is 0. The molecular formula is C12H29NO2SSn. The van der Waals surface area contributed by atoms with Gasteiger partial charge >= 0.3 is 85.3 Å². The van der Waals surface area contributed by atoms with E-state index in [1.54, 1.807) is 18.3 Å². The van der Waals surface area contributed by atoms with Gasteiger partial charge in [0, 0.05) is 0 Å². The summed E-state index contributed by atoms with van der Waals surface area (Å²) in [5.74, 6) is 0. The average Bonchev–Trinajstić information content (AvgIpc) is 2.25. The second-order valence-electron chi connectivity index (χ2n) is 3.48. The second-order valence-corrected chi connectivity index (χ2v) is 9.68. The van der Waals surface area contributed by atoms with Crippen LogP contribution in [0.3, 0.4) is 0 Å². The van der Waals surface area contributed by atoms with Crippen LogP contribution in [-0.4, -0.2) is 50.4 Å². The summed E-state index contributed by atoms with van der Waals surface area (Å²) in [5.41, 5.74) is 5.64. The van der Waals surface area contributed by atoms with Crippen molar-refractivity contribution in [3.63, 3.8) is 0 Å². The van der Waals surface area contributed by atoms with Gasteiger partial charge in [0.25, 0.3) is 0 Å². The predicted octanol–water partition coefficient (Wildman–Crippen LogP) is 0.680. The summed E-state index contributed by atoms with van der Waals surface area (Å²) in [6, 6.07) is 0.418. The predicted molar refractivity (Wildman–Crippen MR) is 77.5 cm³/mol. The van der Waals surface area contributed by atoms with E-state index in [-0.39, 0.29) is 34.4 Å². The number of hydrogen-bond donors (Lipinski definition) is 1. The first-order valence-corrected chi connectivity index (χ1v) is 11.6. The van der Waals surface area contributed by atoms with Crippen molar-refractivity contribution >= 4 is 32.9 Å². The summed E-state index contributed by atoms with van der Waals surface area (Å²) in [5, 5.41) is 17.9. The Morgan fingerprint density at radius 2 is 1.65 bits per heavy atom. The molecule has 5 heteroatoms. The molecule has 0 saturated carbocycles. The standard InChI is InChI=1S/C6H14N.2C2H5O.C2H5S.Sn/c1-3-4-5-6(2)7;2*1-2-3;1-3-2;/h6H,1,3-5,7H2,2H3;2*2H2,1H3;1H2,2H3;/q;2*-1;;+2. The van der Waals surface area contributed by atoms with Gasteiger partial charge in [0.15, 0.2) is 0 Å². The van der Waals surface area contributed by atoms with E-state index in [0.29, 0.717) is 6.04 Å². The van der Waals surface area contributed by atoms with Gasteiger partial charge < -0.3 is 10.2 Å². The summed E-state index contributed by atoms with van der Waals surface area (Å²) < 4.78 is 3.04. The van der Waals surface area contributed by atoms with Crippen molar-refractivity contribution in [1.82, 2.24) is 0 Å². The van der Waals surface area contributed by atoms with E-state index in [4.69, 9.17) is 15.9 Å². The fourth-order valence-electron chi connectivity index (χ4n) is 0.891. The number of thioether (sulfide) groups is 1. The van der Waals surface area contributed by atoms with Gasteiger partial charge in [-0.25, -0.2) is 0 Å². The Morgan fingerprint density at radius 1 is 1.18 bits per heavy atom. The first-order valence-electron chi connectivity index (χ1n) is 6.21. The topological polar surface area (TPSA) is 72.1 Å². The van der Waals surface area contributed by atoms with E-state index in [1.807, 2.05) is 11.8 Å². The molecule has 3 nitrogen and oxygen atoms in total. The van der Waals surface area contributed by atoms with Gasteiger partial charge in [-0.3, -0.25) is 0 Å². The van der Waals surface area contributed by atoms with Crippen LogP contribution in [0.5, 0.6) is 0 Å². The molecule has 0 aromatic heterocycles. The SMILES string of the molecule is CC[O-].CC[O-].CS[CH2][Sn+2][CH2]CCCC(C)N. The van der Waals surface area contributed by atoms with Crippen LogP contribution in [0.1, 0.15) is 40.0 Å². The average molecular weight is 370 g/mol. The van der Waals surface area contributed by atoms with Gasteiger partial charge in [-0.1, -0.05) is 13.8 Å². The second kappa shape index (κ2) is 25.8. The zero-order chi connectivity index (χ0) is 13.9. The fourth-order valence-corrected chi connectivity index (χ4v) is 5.65. The van der Waals surface area contributed by atoms with Crippen molar-refractivity contribution in [2.75, 3.05) is 23.2 Å². The maximum atomic E-state index is 8.93. The molecule has 0 aliphatic carbocycles. The van der Waals surface area contributed by atoms with Crippen LogP contribution < -0.4 is 15.9 Å². The molecule has 0 fully saturated rings. The summed E-state index contributed by atoms with van der Waals surface area (Å²) in [4.78, 5) is 0. The van der Waals surface area contributed by atoms with Crippen LogP contribution in [0, 0.1) is 0 Å². The molecule has 0 bridgehead atoms. The van der Waals surface area contributed by atoms with Crippen LogP contribution in [0.15, 0.2) is 0 Å². The Balaban J connectivity index is -0.000000273. The molecule has 0 rings (SSSR count). The van der Waals surface area contributed by atoms with Gasteiger partial charge in [-0.15, -0.1) is 13.2 Å². The summed E-state index contributed by atoms with van der Waals surface area (Å²) in [6.07, 6.45) is 6.22. The Hall–Kier alpha value is 1.03. The Bertz CT molecular complexity index is 107. The van der Waals surface area contributed by atoms with E-state index in [2.05, 4.69) is 13.2 Å². The minimum atomic E-state index is 0. The zero-order valence-corrected chi connectivity index (χ0v) is 15.5. The van der Waals surface area contributed by atoms with Crippen LogP contribution in [0.2, 0.25) is 4.44 Å². The molecule has 0 aromatic rings. The molecule has 1 unspecified atom stereocenters. The molecule has 0 saturated heterocycles. The summed E-state index contributed by atoms with van der Waals surface area (Å²) in [6.45, 7) is 5.24. The minimum absolute atomic E-state index is 0. The van der Waals surface area contributed by atoms with E-state index >= 15 is 0 Å². The Morgan fingerprint density at radius 3 is 2.00 bits per heavy atom. The van der Waals surface area contributed by atoms with Gasteiger partial charge in [-0.2, -0.15) is 0 Å². The third-order valence-corrected chi connectivity index (χ3v) is 8.24. The van der Waals surface area contributed by atoms with Crippen LogP contribution in [-0.2, 0) is 0 Å². The first-order chi connectivity index (χ1) is 8.10. The number of nitrogens with two attached hydrogens (primary N) is 1. The third-order valence-electron chi connectivity index (χ3n) is 1.51. The van der Waals surface area contributed by atoms with Crippen molar-refractivity contribution in [3.05, 3.63) is 0 Å². The molecule has 17 heavy (non-hydrogen) atoms. The first kappa shape index (κ1) is 23.1. The molecule has 0 aliphatic heterocycles. The van der Waals surface area contributed by atoms with Crippen molar-refractivity contribution < 1.29 is 10.2 Å². The maximum absolute atomic E-state index is 8.93. The number of hydrogen-bond acceptors (Lipinski definition) is 4. The molecule has 0 radical (unpaired) electrons. The van der Waals surface area contributed by atoms with Gasteiger partial charge in [0.2, 0.25) is 0 Å². The van der Waals surface area contributed by atoms with Gasteiger partial charge in [0.05, 0.1) is 0 Å². The van der Waals surface area contributed by atoms with Crippen LogP contribution in [0.4, 0.5) is 0 Å². The normalized spacial score (nSPS) is 10.3. The Kier molecular flexibility index (Phi) is 35.1. The zero-order valence-electron chi connectivity index (χ0n) is 11.8. The monoisotopic (exact) mass is 371 g/mol. The number of unbranched alkanes of at least 4 members (excludes halogenated alkanes) is 1. The van der Waals surface area contributed by atoms with E-state index in [1.165, 1.54) is 23.0 Å². The van der Waals surface area contributed by atoms with E-state index in [9.17, 15) is 0 Å². The van der Waals surface area contributed by atoms with Crippen molar-refractivity contribution in [3.8, 4) is 0 Å². The third kappa shape index (κ3) is 47.2. The van der Waals surface area contributed by atoms with Crippen molar-refractivity contribution in [1.29, 1.82) is 0 Å². The molecule has 2 N–H and O–H groups in total. The summed E-state index contributed by atoms with van der Waals surface area (Å²) >= 11 is 2.06. The molecule has 104 valence electrons. The van der Waals surface area contributed by atoms with Crippen molar-refractivity contribution in [2.45, 2.75) is 50.5 Å². The van der Waals surface area contributed by atoms with Gasteiger partial charge in [0.1, 0.15) is 0 Å². The molecule has 1 atom stereocenters. The van der Waals surface area contributed by atoms with E-state index < -0.39 is 0 Å². The van der Waals surface area contributed by atoms with E-state index in [0.717, 1.165) is 0 Å².